The lowest BCUT2D eigenvalue weighted by molar-refractivity contribution is -0.385. The standard InChI is InChI=1S/C13H17FN2O2.ClH/c14-10-6-7-12(16(17)18)11(8-10)13(15)9-4-2-1-3-5-9;/h6-9,13H,1-5,15H2;1H/t13-;/m0./s1. The van der Waals surface area contributed by atoms with Gasteiger partial charge in [0.2, 0.25) is 0 Å². The van der Waals surface area contributed by atoms with Crippen molar-refractivity contribution in [3.63, 3.8) is 0 Å². The summed E-state index contributed by atoms with van der Waals surface area (Å²) in [6.45, 7) is 0. The van der Waals surface area contributed by atoms with E-state index >= 15 is 0 Å². The minimum Gasteiger partial charge on any atom is -0.323 e. The average Bonchev–Trinajstić information content (AvgIpc) is 2.38. The zero-order valence-electron chi connectivity index (χ0n) is 10.5. The van der Waals surface area contributed by atoms with E-state index in [9.17, 15) is 14.5 Å². The number of nitrogens with zero attached hydrogens (tertiary/aromatic N) is 1. The third kappa shape index (κ3) is 3.64. The fourth-order valence-electron chi connectivity index (χ4n) is 2.71. The van der Waals surface area contributed by atoms with Crippen LogP contribution >= 0.6 is 12.4 Å². The van der Waals surface area contributed by atoms with Crippen LogP contribution in [0, 0.1) is 21.8 Å². The summed E-state index contributed by atoms with van der Waals surface area (Å²) in [5.74, 6) is -0.249. The maximum Gasteiger partial charge on any atom is 0.274 e. The number of benzene rings is 1. The molecule has 1 fully saturated rings. The van der Waals surface area contributed by atoms with Crippen LogP contribution in [0.25, 0.3) is 0 Å². The summed E-state index contributed by atoms with van der Waals surface area (Å²) >= 11 is 0. The molecule has 1 aromatic carbocycles. The Morgan fingerprint density at radius 2 is 1.95 bits per heavy atom. The molecule has 6 heteroatoms. The molecule has 19 heavy (non-hydrogen) atoms. The van der Waals surface area contributed by atoms with Gasteiger partial charge < -0.3 is 5.73 Å². The van der Waals surface area contributed by atoms with Gasteiger partial charge >= 0.3 is 0 Å². The Kier molecular flexibility index (Phi) is 5.69. The first-order valence-electron chi connectivity index (χ1n) is 6.29. The van der Waals surface area contributed by atoms with Crippen LogP contribution in [0.2, 0.25) is 0 Å². The van der Waals surface area contributed by atoms with E-state index in [1.165, 1.54) is 18.6 Å². The zero-order valence-corrected chi connectivity index (χ0v) is 11.4. The molecule has 2 N–H and O–H groups in total. The first kappa shape index (κ1) is 15.9. The van der Waals surface area contributed by atoms with Crippen LogP contribution in [0.5, 0.6) is 0 Å². The monoisotopic (exact) mass is 288 g/mol. The van der Waals surface area contributed by atoms with E-state index in [2.05, 4.69) is 0 Å². The van der Waals surface area contributed by atoms with Crippen molar-refractivity contribution in [1.29, 1.82) is 0 Å². The van der Waals surface area contributed by atoms with Crippen LogP contribution < -0.4 is 5.73 Å². The summed E-state index contributed by atoms with van der Waals surface area (Å²) in [7, 11) is 0. The molecular formula is C13H18ClFN2O2. The molecule has 0 aliphatic heterocycles. The highest BCUT2D eigenvalue weighted by molar-refractivity contribution is 5.85. The van der Waals surface area contributed by atoms with E-state index in [4.69, 9.17) is 5.73 Å². The van der Waals surface area contributed by atoms with Gasteiger partial charge in [-0.1, -0.05) is 19.3 Å². The molecule has 1 saturated carbocycles. The highest BCUT2D eigenvalue weighted by Crippen LogP contribution is 2.36. The third-order valence-electron chi connectivity index (χ3n) is 3.70. The van der Waals surface area contributed by atoms with Crippen molar-refractivity contribution < 1.29 is 9.31 Å². The number of nitrogens with two attached hydrogens (primary N) is 1. The van der Waals surface area contributed by atoms with Crippen molar-refractivity contribution in [2.24, 2.45) is 11.7 Å². The molecule has 0 heterocycles. The number of hydrogen-bond donors (Lipinski definition) is 1. The largest absolute Gasteiger partial charge is 0.323 e. The summed E-state index contributed by atoms with van der Waals surface area (Å²) < 4.78 is 13.3. The Hall–Kier alpha value is -1.20. The second-order valence-electron chi connectivity index (χ2n) is 4.88. The second-order valence-corrected chi connectivity index (χ2v) is 4.88. The van der Waals surface area contributed by atoms with Crippen molar-refractivity contribution in [3.05, 3.63) is 39.7 Å². The summed E-state index contributed by atoms with van der Waals surface area (Å²) in [6, 6.07) is 3.07. The van der Waals surface area contributed by atoms with Crippen LogP contribution in [-0.2, 0) is 0 Å². The maximum absolute atomic E-state index is 13.3. The van der Waals surface area contributed by atoms with Crippen molar-refractivity contribution >= 4 is 18.1 Å². The van der Waals surface area contributed by atoms with E-state index < -0.39 is 16.8 Å². The predicted octanol–water partition coefficient (Wildman–Crippen LogP) is 3.74. The van der Waals surface area contributed by atoms with E-state index in [0.717, 1.165) is 31.7 Å². The van der Waals surface area contributed by atoms with Crippen LogP contribution in [0.1, 0.15) is 43.7 Å². The Bertz CT molecular complexity index is 450. The average molecular weight is 289 g/mol. The van der Waals surface area contributed by atoms with Gasteiger partial charge in [-0.3, -0.25) is 10.1 Å². The van der Waals surface area contributed by atoms with E-state index in [-0.39, 0.29) is 24.0 Å². The Labute approximate surface area is 117 Å². The number of hydrogen-bond acceptors (Lipinski definition) is 3. The summed E-state index contributed by atoms with van der Waals surface area (Å²) in [5.41, 5.74) is 6.36. The van der Waals surface area contributed by atoms with Gasteiger partial charge in [0, 0.05) is 17.7 Å². The van der Waals surface area contributed by atoms with Crippen molar-refractivity contribution in [3.8, 4) is 0 Å². The molecule has 0 radical (unpaired) electrons. The Morgan fingerprint density at radius 3 is 2.53 bits per heavy atom. The van der Waals surface area contributed by atoms with Gasteiger partial charge in [-0.05, 0) is 30.9 Å². The fraction of sp³-hybridized carbons (Fsp3) is 0.538. The summed E-state index contributed by atoms with van der Waals surface area (Å²) in [5, 5.41) is 10.9. The highest BCUT2D eigenvalue weighted by Gasteiger charge is 2.27. The van der Waals surface area contributed by atoms with Crippen molar-refractivity contribution in [2.45, 2.75) is 38.1 Å². The lowest BCUT2D eigenvalue weighted by Gasteiger charge is -2.27. The minimum atomic E-state index is -0.489. The molecule has 0 saturated heterocycles. The quantitative estimate of drug-likeness (QED) is 0.680. The van der Waals surface area contributed by atoms with Gasteiger partial charge in [0.15, 0.2) is 0 Å². The van der Waals surface area contributed by atoms with Gasteiger partial charge in [0.25, 0.3) is 5.69 Å². The smallest absolute Gasteiger partial charge is 0.274 e. The molecule has 0 bridgehead atoms. The Balaban J connectivity index is 0.00000180. The van der Waals surface area contributed by atoms with Gasteiger partial charge in [0.1, 0.15) is 5.82 Å². The SMILES string of the molecule is Cl.N[C@H](c1cc(F)ccc1[N+](=O)[O-])C1CCCCC1. The highest BCUT2D eigenvalue weighted by atomic mass is 35.5. The molecule has 0 spiro atoms. The van der Waals surface area contributed by atoms with Gasteiger partial charge in [-0.15, -0.1) is 12.4 Å². The van der Waals surface area contributed by atoms with E-state index in [0.29, 0.717) is 5.56 Å². The molecule has 0 amide bonds. The zero-order chi connectivity index (χ0) is 13.1. The fourth-order valence-corrected chi connectivity index (χ4v) is 2.71. The number of nitro groups is 1. The molecule has 106 valence electrons. The first-order chi connectivity index (χ1) is 8.59. The lowest BCUT2D eigenvalue weighted by atomic mass is 9.81. The molecule has 0 unspecified atom stereocenters. The topological polar surface area (TPSA) is 69.2 Å². The minimum absolute atomic E-state index is 0. The third-order valence-corrected chi connectivity index (χ3v) is 3.70. The number of halogens is 2. The first-order valence-corrected chi connectivity index (χ1v) is 6.29. The molecule has 0 aromatic heterocycles. The summed E-state index contributed by atoms with van der Waals surface area (Å²) in [6.07, 6.45) is 5.32. The molecule has 4 nitrogen and oxygen atoms in total. The number of nitro benzene ring substituents is 1. The van der Waals surface area contributed by atoms with E-state index in [1.54, 1.807) is 0 Å². The van der Waals surface area contributed by atoms with E-state index in [1.807, 2.05) is 0 Å². The van der Waals surface area contributed by atoms with Crippen molar-refractivity contribution in [1.82, 2.24) is 0 Å². The molecular weight excluding hydrogens is 271 g/mol. The number of rotatable bonds is 3. The van der Waals surface area contributed by atoms with Gasteiger partial charge in [0.05, 0.1) is 4.92 Å². The van der Waals surface area contributed by atoms with Gasteiger partial charge in [-0.2, -0.15) is 0 Å². The molecule has 1 aliphatic rings. The molecule has 1 aromatic rings. The van der Waals surface area contributed by atoms with Crippen LogP contribution in [0.4, 0.5) is 10.1 Å². The second kappa shape index (κ2) is 6.82. The van der Waals surface area contributed by atoms with Gasteiger partial charge in [-0.25, -0.2) is 4.39 Å². The maximum atomic E-state index is 13.3. The summed E-state index contributed by atoms with van der Waals surface area (Å²) in [4.78, 5) is 10.5. The Morgan fingerprint density at radius 1 is 1.32 bits per heavy atom. The normalized spacial score (nSPS) is 17.6. The van der Waals surface area contributed by atoms with Crippen molar-refractivity contribution in [2.75, 3.05) is 0 Å². The molecule has 1 aliphatic carbocycles. The molecule has 1 atom stereocenters. The lowest BCUT2D eigenvalue weighted by Crippen LogP contribution is -2.24. The van der Waals surface area contributed by atoms with Crippen LogP contribution in [-0.4, -0.2) is 4.92 Å². The van der Waals surface area contributed by atoms with Crippen LogP contribution in [0.3, 0.4) is 0 Å². The molecule has 2 rings (SSSR count). The van der Waals surface area contributed by atoms with Crippen LogP contribution in [0.15, 0.2) is 18.2 Å². The predicted molar refractivity (Wildman–Crippen MR) is 73.8 cm³/mol.